The van der Waals surface area contributed by atoms with Crippen LogP contribution in [0.1, 0.15) is 5.56 Å². The molecule has 0 saturated heterocycles. The summed E-state index contributed by atoms with van der Waals surface area (Å²) >= 11 is 12.1. The second-order valence-electron chi connectivity index (χ2n) is 3.36. The molecular weight excluding hydrogens is 227 g/mol. The minimum Gasteiger partial charge on any atom is -0.0827 e. The molecule has 0 nitrogen and oxygen atoms in total. The average molecular weight is 236 g/mol. The Morgan fingerprint density at radius 2 is 1.87 bits per heavy atom. The van der Waals surface area contributed by atoms with E-state index in [2.05, 4.69) is 6.07 Å². The van der Waals surface area contributed by atoms with Gasteiger partial charge in [-0.3, -0.25) is 0 Å². The first-order valence-corrected chi connectivity index (χ1v) is 5.37. The van der Waals surface area contributed by atoms with Crippen LogP contribution in [0.5, 0.6) is 0 Å². The molecule has 0 bridgehead atoms. The molecule has 2 aromatic rings. The molecule has 0 spiro atoms. The van der Waals surface area contributed by atoms with Crippen molar-refractivity contribution in [1.29, 1.82) is 0 Å². The van der Waals surface area contributed by atoms with E-state index in [1.807, 2.05) is 37.3 Å². The van der Waals surface area contributed by atoms with E-state index < -0.39 is 0 Å². The van der Waals surface area contributed by atoms with E-state index in [4.69, 9.17) is 23.2 Å². The van der Waals surface area contributed by atoms with Gasteiger partial charge in [0.2, 0.25) is 0 Å². The second kappa shape index (κ2) is 4.26. The van der Waals surface area contributed by atoms with Gasteiger partial charge in [-0.2, -0.15) is 0 Å². The summed E-state index contributed by atoms with van der Waals surface area (Å²) in [6.07, 6.45) is 0. The largest absolute Gasteiger partial charge is 0.0827 e. The van der Waals surface area contributed by atoms with Crippen LogP contribution >= 0.6 is 23.2 Å². The molecule has 0 saturated carbocycles. The van der Waals surface area contributed by atoms with Crippen molar-refractivity contribution in [3.63, 3.8) is 0 Å². The highest BCUT2D eigenvalue weighted by molar-refractivity contribution is 6.43. The van der Waals surface area contributed by atoms with Crippen LogP contribution in [0.15, 0.2) is 36.4 Å². The average Bonchev–Trinajstić information content (AvgIpc) is 2.24. The normalized spacial score (nSPS) is 10.3. The van der Waals surface area contributed by atoms with E-state index in [1.54, 1.807) is 6.07 Å². The molecule has 2 aromatic carbocycles. The quantitative estimate of drug-likeness (QED) is 0.669. The first kappa shape index (κ1) is 10.5. The summed E-state index contributed by atoms with van der Waals surface area (Å²) in [5, 5.41) is 1.17. The molecular formula is C13H9Cl2. The summed E-state index contributed by atoms with van der Waals surface area (Å²) in [5.41, 5.74) is 3.09. The third kappa shape index (κ3) is 2.17. The van der Waals surface area contributed by atoms with Crippen LogP contribution < -0.4 is 0 Å². The third-order valence-corrected chi connectivity index (χ3v) is 3.05. The molecule has 0 N–H and O–H groups in total. The number of rotatable bonds is 1. The molecule has 0 aliphatic carbocycles. The molecule has 15 heavy (non-hydrogen) atoms. The van der Waals surface area contributed by atoms with Crippen molar-refractivity contribution in [2.75, 3.05) is 0 Å². The molecule has 75 valence electrons. The number of hydrogen-bond acceptors (Lipinski definition) is 0. The van der Waals surface area contributed by atoms with Crippen molar-refractivity contribution in [3.8, 4) is 11.1 Å². The van der Waals surface area contributed by atoms with Gasteiger partial charge in [0.1, 0.15) is 0 Å². The lowest BCUT2D eigenvalue weighted by molar-refractivity contribution is 1.46. The Balaban J connectivity index is 2.54. The summed E-state index contributed by atoms with van der Waals surface area (Å²) in [7, 11) is 0. The molecule has 2 heteroatoms. The Bertz CT molecular complexity index is 472. The molecule has 0 aromatic heterocycles. The van der Waals surface area contributed by atoms with Gasteiger partial charge in [-0.05, 0) is 36.2 Å². The van der Waals surface area contributed by atoms with Crippen molar-refractivity contribution in [2.24, 2.45) is 0 Å². The fraction of sp³-hybridized carbons (Fsp3) is 0.0769. The molecule has 0 atom stereocenters. The monoisotopic (exact) mass is 235 g/mol. The Kier molecular flexibility index (Phi) is 2.99. The van der Waals surface area contributed by atoms with E-state index in [1.165, 1.54) is 0 Å². The van der Waals surface area contributed by atoms with Crippen molar-refractivity contribution < 1.29 is 0 Å². The van der Waals surface area contributed by atoms with E-state index in [0.29, 0.717) is 10.0 Å². The van der Waals surface area contributed by atoms with Gasteiger partial charge in [-0.25, -0.2) is 0 Å². The molecule has 0 heterocycles. The number of halogens is 2. The predicted molar refractivity (Wildman–Crippen MR) is 65.5 cm³/mol. The lowest BCUT2D eigenvalue weighted by Gasteiger charge is -2.05. The fourth-order valence-corrected chi connectivity index (χ4v) is 1.81. The van der Waals surface area contributed by atoms with Crippen LogP contribution in [0.4, 0.5) is 0 Å². The number of aryl methyl sites for hydroxylation is 1. The summed E-state index contributed by atoms with van der Waals surface area (Å²) in [5.74, 6) is 0. The first-order chi connectivity index (χ1) is 7.18. The minimum atomic E-state index is 0.578. The molecule has 0 aliphatic rings. The van der Waals surface area contributed by atoms with E-state index in [-0.39, 0.29) is 0 Å². The zero-order valence-corrected chi connectivity index (χ0v) is 9.73. The zero-order chi connectivity index (χ0) is 10.8. The Morgan fingerprint density at radius 3 is 2.53 bits per heavy atom. The van der Waals surface area contributed by atoms with Crippen molar-refractivity contribution >= 4 is 23.2 Å². The molecule has 0 amide bonds. The smallest absolute Gasteiger partial charge is 0.0670 e. The maximum absolute atomic E-state index is 6.12. The Hall–Kier alpha value is -0.980. The van der Waals surface area contributed by atoms with Crippen molar-refractivity contribution in [2.45, 2.75) is 6.92 Å². The van der Waals surface area contributed by atoms with Gasteiger partial charge in [0, 0.05) is 5.56 Å². The SMILES string of the molecule is Cc1[c]cc(-c2cccc(Cl)c2Cl)cc1. The molecule has 1 radical (unpaired) electrons. The molecule has 2 rings (SSSR count). The molecule has 0 aliphatic heterocycles. The lowest BCUT2D eigenvalue weighted by Crippen LogP contribution is -1.81. The van der Waals surface area contributed by atoms with Crippen LogP contribution in [0.25, 0.3) is 11.1 Å². The maximum Gasteiger partial charge on any atom is 0.0670 e. The molecule has 0 unspecified atom stereocenters. The highest BCUT2D eigenvalue weighted by Crippen LogP contribution is 2.33. The van der Waals surface area contributed by atoms with Crippen LogP contribution in [-0.2, 0) is 0 Å². The van der Waals surface area contributed by atoms with E-state index in [0.717, 1.165) is 16.7 Å². The van der Waals surface area contributed by atoms with E-state index >= 15 is 0 Å². The van der Waals surface area contributed by atoms with Crippen molar-refractivity contribution in [3.05, 3.63) is 58.1 Å². The van der Waals surface area contributed by atoms with Gasteiger partial charge in [-0.1, -0.05) is 47.5 Å². The van der Waals surface area contributed by atoms with Gasteiger partial charge in [-0.15, -0.1) is 0 Å². The summed E-state index contributed by atoms with van der Waals surface area (Å²) in [6.45, 7) is 2.00. The van der Waals surface area contributed by atoms with Gasteiger partial charge in [0.15, 0.2) is 0 Å². The Labute approximate surface area is 99.5 Å². The Morgan fingerprint density at radius 1 is 1.07 bits per heavy atom. The van der Waals surface area contributed by atoms with Crippen LogP contribution in [0.2, 0.25) is 10.0 Å². The predicted octanol–water partition coefficient (Wildman–Crippen LogP) is 4.77. The standard InChI is InChI=1S/C13H9Cl2/c1-9-5-7-10(8-6-9)11-3-2-4-12(14)13(11)15/h2-5,7-8H,1H3. The first-order valence-electron chi connectivity index (χ1n) is 4.61. The topological polar surface area (TPSA) is 0 Å². The zero-order valence-electron chi connectivity index (χ0n) is 8.22. The van der Waals surface area contributed by atoms with Gasteiger partial charge >= 0.3 is 0 Å². The second-order valence-corrected chi connectivity index (χ2v) is 4.15. The van der Waals surface area contributed by atoms with Gasteiger partial charge in [0.05, 0.1) is 10.0 Å². The summed E-state index contributed by atoms with van der Waals surface area (Å²) in [6, 6.07) is 14.7. The summed E-state index contributed by atoms with van der Waals surface area (Å²) < 4.78 is 0. The third-order valence-electron chi connectivity index (χ3n) is 2.23. The maximum atomic E-state index is 6.12. The van der Waals surface area contributed by atoms with Crippen LogP contribution in [-0.4, -0.2) is 0 Å². The minimum absolute atomic E-state index is 0.578. The summed E-state index contributed by atoms with van der Waals surface area (Å²) in [4.78, 5) is 0. The van der Waals surface area contributed by atoms with Crippen LogP contribution in [0.3, 0.4) is 0 Å². The van der Waals surface area contributed by atoms with Gasteiger partial charge in [0.25, 0.3) is 0 Å². The molecule has 0 fully saturated rings. The number of benzene rings is 2. The lowest BCUT2D eigenvalue weighted by atomic mass is 10.0. The fourth-order valence-electron chi connectivity index (χ4n) is 1.40. The van der Waals surface area contributed by atoms with Crippen LogP contribution in [0, 0.1) is 13.0 Å². The number of hydrogen-bond donors (Lipinski definition) is 0. The van der Waals surface area contributed by atoms with Gasteiger partial charge < -0.3 is 0 Å². The van der Waals surface area contributed by atoms with Crippen molar-refractivity contribution in [1.82, 2.24) is 0 Å². The van der Waals surface area contributed by atoms with E-state index in [9.17, 15) is 0 Å². The highest BCUT2D eigenvalue weighted by Gasteiger charge is 2.05. The highest BCUT2D eigenvalue weighted by atomic mass is 35.5.